The van der Waals surface area contributed by atoms with Gasteiger partial charge >= 0.3 is 0 Å². The van der Waals surface area contributed by atoms with Crippen LogP contribution < -0.4 is 10.2 Å². The van der Waals surface area contributed by atoms with Gasteiger partial charge in [-0.25, -0.2) is 4.39 Å². The van der Waals surface area contributed by atoms with Gasteiger partial charge in [0.1, 0.15) is 5.82 Å². The molecule has 1 fully saturated rings. The van der Waals surface area contributed by atoms with Crippen molar-refractivity contribution in [2.24, 2.45) is 0 Å². The molecule has 0 aliphatic carbocycles. The fourth-order valence-corrected chi connectivity index (χ4v) is 3.37. The zero-order valence-corrected chi connectivity index (χ0v) is 16.0. The Balaban J connectivity index is 1.53. The van der Waals surface area contributed by atoms with Gasteiger partial charge in [0.25, 0.3) is 11.8 Å². The fourth-order valence-electron chi connectivity index (χ4n) is 3.02. The van der Waals surface area contributed by atoms with Crippen molar-refractivity contribution >= 4 is 40.7 Å². The quantitative estimate of drug-likeness (QED) is 0.810. The van der Waals surface area contributed by atoms with Crippen molar-refractivity contribution in [1.29, 1.82) is 0 Å². The highest BCUT2D eigenvalue weighted by atomic mass is 35.5. The first-order chi connectivity index (χ1) is 12.9. The molecule has 1 saturated heterocycles. The summed E-state index contributed by atoms with van der Waals surface area (Å²) in [4.78, 5) is 27.4. The number of nitrogens with zero attached hydrogens (tertiary/aromatic N) is 1. The van der Waals surface area contributed by atoms with Crippen LogP contribution in [0.4, 0.5) is 10.1 Å². The molecule has 1 aliphatic heterocycles. The number of piperazine rings is 1. The Morgan fingerprint density at radius 3 is 2.52 bits per heavy atom. The summed E-state index contributed by atoms with van der Waals surface area (Å²) in [5.74, 6) is -1.10. The Hall–Kier alpha value is -2.15. The summed E-state index contributed by atoms with van der Waals surface area (Å²) >= 11 is 11.9. The van der Waals surface area contributed by atoms with Gasteiger partial charge in [0, 0.05) is 5.02 Å². The minimum Gasteiger partial charge on any atom is -0.327 e. The lowest BCUT2D eigenvalue weighted by Gasteiger charge is -2.32. The van der Waals surface area contributed by atoms with Gasteiger partial charge in [-0.3, -0.25) is 9.59 Å². The standard InChI is InChI=1S/C19H18Cl2FN3O2/c20-13-5-6-16(22)14(11-13)19(27)25-9-7-24(8-10-25)12-18(26)23-17-4-2-1-3-15(17)21/h1-6,11H,7-10,12H2,(H,23,26)/p+1. The number of benzene rings is 2. The maximum absolute atomic E-state index is 13.9. The molecule has 0 saturated carbocycles. The largest absolute Gasteiger partial charge is 0.327 e. The van der Waals surface area contributed by atoms with Crippen LogP contribution in [-0.2, 0) is 4.79 Å². The number of quaternary nitrogens is 1. The highest BCUT2D eigenvalue weighted by Gasteiger charge is 2.27. The topological polar surface area (TPSA) is 53.9 Å². The fraction of sp³-hybridized carbons (Fsp3) is 0.263. The number of rotatable bonds is 4. The molecule has 2 aromatic rings. The minimum absolute atomic E-state index is 0.0255. The van der Waals surface area contributed by atoms with Gasteiger partial charge in [-0.1, -0.05) is 35.3 Å². The highest BCUT2D eigenvalue weighted by Crippen LogP contribution is 2.20. The third kappa shape index (κ3) is 4.97. The number of carbonyl (C=O) groups excluding carboxylic acids is 2. The monoisotopic (exact) mass is 410 g/mol. The second-order valence-electron chi connectivity index (χ2n) is 6.37. The van der Waals surface area contributed by atoms with Gasteiger partial charge in [0.05, 0.1) is 42.5 Å². The second-order valence-corrected chi connectivity index (χ2v) is 7.21. The molecule has 3 rings (SSSR count). The van der Waals surface area contributed by atoms with E-state index in [1.807, 2.05) is 0 Å². The third-order valence-electron chi connectivity index (χ3n) is 4.48. The molecule has 0 atom stereocenters. The van der Waals surface area contributed by atoms with E-state index < -0.39 is 5.82 Å². The number of carbonyl (C=O) groups is 2. The first kappa shape index (κ1) is 19.6. The van der Waals surface area contributed by atoms with E-state index in [-0.39, 0.29) is 23.9 Å². The summed E-state index contributed by atoms with van der Waals surface area (Å²) in [7, 11) is 0. The van der Waals surface area contributed by atoms with Crippen LogP contribution in [0.25, 0.3) is 0 Å². The van der Waals surface area contributed by atoms with Gasteiger partial charge < -0.3 is 15.1 Å². The summed E-state index contributed by atoms with van der Waals surface area (Å²) in [5.41, 5.74) is 0.552. The van der Waals surface area contributed by atoms with Crippen LogP contribution in [0.5, 0.6) is 0 Å². The van der Waals surface area contributed by atoms with Crippen LogP contribution in [0.2, 0.25) is 10.0 Å². The average Bonchev–Trinajstić information content (AvgIpc) is 2.65. The normalized spacial score (nSPS) is 14.9. The number of nitrogens with one attached hydrogen (secondary N) is 2. The van der Waals surface area contributed by atoms with Crippen molar-refractivity contribution in [3.05, 3.63) is 63.9 Å². The zero-order chi connectivity index (χ0) is 19.4. The van der Waals surface area contributed by atoms with Crippen molar-refractivity contribution in [3.63, 3.8) is 0 Å². The molecule has 142 valence electrons. The number of para-hydroxylation sites is 1. The Morgan fingerprint density at radius 1 is 1.11 bits per heavy atom. The summed E-state index contributed by atoms with van der Waals surface area (Å²) in [6, 6.07) is 11.0. The number of hydrogen-bond donors (Lipinski definition) is 2. The molecule has 1 heterocycles. The minimum atomic E-state index is -0.585. The second kappa shape index (κ2) is 8.69. The van der Waals surface area contributed by atoms with E-state index in [1.165, 1.54) is 18.2 Å². The molecule has 27 heavy (non-hydrogen) atoms. The smallest absolute Gasteiger partial charge is 0.279 e. The maximum atomic E-state index is 13.9. The Morgan fingerprint density at radius 2 is 1.81 bits per heavy atom. The maximum Gasteiger partial charge on any atom is 0.279 e. The molecule has 2 N–H and O–H groups in total. The molecule has 0 unspecified atom stereocenters. The summed E-state index contributed by atoms with van der Waals surface area (Å²) in [6.07, 6.45) is 0. The van der Waals surface area contributed by atoms with E-state index in [1.54, 1.807) is 29.2 Å². The van der Waals surface area contributed by atoms with E-state index in [4.69, 9.17) is 23.2 Å². The molecule has 8 heteroatoms. The number of halogens is 3. The van der Waals surface area contributed by atoms with Crippen LogP contribution in [0.3, 0.4) is 0 Å². The molecular weight excluding hydrogens is 392 g/mol. The molecule has 2 amide bonds. The summed E-state index contributed by atoms with van der Waals surface area (Å²) in [6.45, 7) is 2.37. The van der Waals surface area contributed by atoms with Crippen LogP contribution >= 0.6 is 23.2 Å². The van der Waals surface area contributed by atoms with Gasteiger partial charge in [-0.05, 0) is 30.3 Å². The number of amides is 2. The van der Waals surface area contributed by atoms with Crippen molar-refractivity contribution in [1.82, 2.24) is 4.90 Å². The van der Waals surface area contributed by atoms with E-state index in [2.05, 4.69) is 5.32 Å². The highest BCUT2D eigenvalue weighted by molar-refractivity contribution is 6.33. The Labute approximate surface area is 166 Å². The number of hydrogen-bond acceptors (Lipinski definition) is 2. The first-order valence-corrected chi connectivity index (χ1v) is 9.32. The molecule has 0 bridgehead atoms. The van der Waals surface area contributed by atoms with Crippen molar-refractivity contribution in [2.45, 2.75) is 0 Å². The lowest BCUT2D eigenvalue weighted by atomic mass is 10.1. The van der Waals surface area contributed by atoms with E-state index in [9.17, 15) is 14.0 Å². The lowest BCUT2D eigenvalue weighted by Crippen LogP contribution is -3.15. The van der Waals surface area contributed by atoms with Gasteiger partial charge in [0.2, 0.25) is 0 Å². The van der Waals surface area contributed by atoms with Gasteiger partial charge in [0.15, 0.2) is 6.54 Å². The molecule has 1 aliphatic rings. The predicted octanol–water partition coefficient (Wildman–Crippen LogP) is 2.11. The van der Waals surface area contributed by atoms with Crippen molar-refractivity contribution in [3.8, 4) is 0 Å². The first-order valence-electron chi connectivity index (χ1n) is 8.56. The van der Waals surface area contributed by atoms with E-state index >= 15 is 0 Å². The van der Waals surface area contributed by atoms with Crippen LogP contribution in [0.15, 0.2) is 42.5 Å². The van der Waals surface area contributed by atoms with Crippen LogP contribution in [-0.4, -0.2) is 49.4 Å². The zero-order valence-electron chi connectivity index (χ0n) is 14.5. The Bertz CT molecular complexity index is 855. The van der Waals surface area contributed by atoms with Gasteiger partial charge in [-0.15, -0.1) is 0 Å². The third-order valence-corrected chi connectivity index (χ3v) is 5.04. The van der Waals surface area contributed by atoms with Crippen molar-refractivity contribution < 1.29 is 18.9 Å². The van der Waals surface area contributed by atoms with E-state index in [0.29, 0.717) is 41.9 Å². The lowest BCUT2D eigenvalue weighted by molar-refractivity contribution is -0.895. The van der Waals surface area contributed by atoms with Crippen LogP contribution in [0, 0.1) is 5.82 Å². The average molecular weight is 411 g/mol. The van der Waals surface area contributed by atoms with E-state index in [0.717, 1.165) is 4.90 Å². The molecule has 0 aromatic heterocycles. The number of anilines is 1. The SMILES string of the molecule is O=C(C[NH+]1CCN(C(=O)c2cc(Cl)ccc2F)CC1)Nc1ccccc1Cl. The van der Waals surface area contributed by atoms with Crippen molar-refractivity contribution in [2.75, 3.05) is 38.0 Å². The molecule has 0 spiro atoms. The summed E-state index contributed by atoms with van der Waals surface area (Å²) in [5, 5.41) is 3.60. The molecular formula is C19H19Cl2FN3O2+. The molecule has 2 aromatic carbocycles. The molecule has 0 radical (unpaired) electrons. The summed E-state index contributed by atoms with van der Waals surface area (Å²) < 4.78 is 13.9. The molecule has 5 nitrogen and oxygen atoms in total. The predicted molar refractivity (Wildman–Crippen MR) is 103 cm³/mol. The van der Waals surface area contributed by atoms with Crippen LogP contribution in [0.1, 0.15) is 10.4 Å². The van der Waals surface area contributed by atoms with Gasteiger partial charge in [-0.2, -0.15) is 0 Å². The Kier molecular flexibility index (Phi) is 6.31.